The van der Waals surface area contributed by atoms with Crippen LogP contribution in [0.3, 0.4) is 0 Å². The van der Waals surface area contributed by atoms with Crippen molar-refractivity contribution in [3.63, 3.8) is 0 Å². The highest BCUT2D eigenvalue weighted by Gasteiger charge is 2.68. The lowest BCUT2D eigenvalue weighted by molar-refractivity contribution is -0.210. The quantitative estimate of drug-likeness (QED) is 0.247. The molecule has 2 amide bonds. The first-order valence-electron chi connectivity index (χ1n) is 18.1. The second-order valence-electron chi connectivity index (χ2n) is 16.4. The Morgan fingerprint density at radius 1 is 0.935 bits per heavy atom. The Hall–Kier alpha value is -2.67. The van der Waals surface area contributed by atoms with Crippen molar-refractivity contribution in [2.45, 2.75) is 104 Å². The number of nitrogens with one attached hydrogen (secondary N) is 2. The normalized spacial score (nSPS) is 39.6. The first-order valence-corrected chi connectivity index (χ1v) is 18.1. The molecule has 252 valence electrons. The maximum atomic E-state index is 13.7. The van der Waals surface area contributed by atoms with Crippen LogP contribution in [0.25, 0.3) is 5.57 Å². The zero-order chi connectivity index (χ0) is 32.9. The van der Waals surface area contributed by atoms with Gasteiger partial charge in [-0.25, -0.2) is 9.59 Å². The second kappa shape index (κ2) is 12.4. The van der Waals surface area contributed by atoms with Gasteiger partial charge in [0.15, 0.2) is 0 Å². The van der Waals surface area contributed by atoms with Gasteiger partial charge >= 0.3 is 12.0 Å². The predicted molar refractivity (Wildman–Crippen MR) is 182 cm³/mol. The van der Waals surface area contributed by atoms with E-state index in [1.807, 2.05) is 24.1 Å². The van der Waals surface area contributed by atoms with Gasteiger partial charge in [0.2, 0.25) is 0 Å². The number of carboxylic acids is 1. The summed E-state index contributed by atoms with van der Waals surface area (Å²) < 4.78 is 0. The fourth-order valence-electron chi connectivity index (χ4n) is 12.3. The summed E-state index contributed by atoms with van der Waals surface area (Å²) in [6, 6.07) is 7.52. The summed E-state index contributed by atoms with van der Waals surface area (Å²) in [6.07, 6.45) is 15.6. The molecule has 7 heteroatoms. The minimum atomic E-state index is -0.874. The highest BCUT2D eigenvalue weighted by Crippen LogP contribution is 2.75. The van der Waals surface area contributed by atoms with E-state index < -0.39 is 5.97 Å². The molecule has 46 heavy (non-hydrogen) atoms. The van der Waals surface area contributed by atoms with E-state index in [2.05, 4.69) is 44.4 Å². The molecule has 4 fully saturated rings. The minimum absolute atomic E-state index is 0.0110. The van der Waals surface area contributed by atoms with E-state index in [1.165, 1.54) is 56.1 Å². The smallest absolute Gasteiger partial charge is 0.335 e. The Balaban J connectivity index is 1.24. The van der Waals surface area contributed by atoms with Crippen molar-refractivity contribution in [2.24, 2.45) is 45.8 Å². The molecule has 6 rings (SSSR count). The van der Waals surface area contributed by atoms with Gasteiger partial charge in [-0.15, -0.1) is 0 Å². The van der Waals surface area contributed by atoms with Crippen molar-refractivity contribution in [2.75, 3.05) is 26.7 Å². The van der Waals surface area contributed by atoms with Gasteiger partial charge in [-0.1, -0.05) is 52.3 Å². The average Bonchev–Trinajstić information content (AvgIpc) is 3.45. The van der Waals surface area contributed by atoms with Gasteiger partial charge in [0.25, 0.3) is 0 Å². The Morgan fingerprint density at radius 2 is 1.70 bits per heavy atom. The van der Waals surface area contributed by atoms with Crippen LogP contribution < -0.4 is 10.6 Å². The van der Waals surface area contributed by atoms with E-state index in [9.17, 15) is 19.5 Å². The Kier molecular flexibility index (Phi) is 8.97. The maximum absolute atomic E-state index is 13.7. The van der Waals surface area contributed by atoms with Crippen LogP contribution in [-0.4, -0.2) is 60.5 Å². The van der Waals surface area contributed by atoms with Gasteiger partial charge in [0.1, 0.15) is 6.29 Å². The van der Waals surface area contributed by atoms with Crippen molar-refractivity contribution in [1.29, 1.82) is 0 Å². The number of aromatic carboxylic acids is 1. The minimum Gasteiger partial charge on any atom is -0.478 e. The van der Waals surface area contributed by atoms with Gasteiger partial charge in [-0.3, -0.25) is 0 Å². The third kappa shape index (κ3) is 5.14. The van der Waals surface area contributed by atoms with Crippen molar-refractivity contribution in [3.8, 4) is 0 Å². The zero-order valence-corrected chi connectivity index (χ0v) is 28.9. The molecule has 4 saturated carbocycles. The third-order valence-corrected chi connectivity index (χ3v) is 14.8. The average molecular weight is 632 g/mol. The lowest BCUT2D eigenvalue weighted by Gasteiger charge is -2.71. The van der Waals surface area contributed by atoms with Gasteiger partial charge < -0.3 is 25.4 Å². The number of carboxylic acid groups (broad SMARTS) is 1. The van der Waals surface area contributed by atoms with Crippen molar-refractivity contribution in [3.05, 3.63) is 41.5 Å². The molecular weight excluding hydrogens is 574 g/mol. The second-order valence-corrected chi connectivity index (χ2v) is 16.4. The molecule has 0 bridgehead atoms. The lowest BCUT2D eigenvalue weighted by atomic mass is 9.34. The molecule has 3 N–H and O–H groups in total. The molecule has 5 aliphatic carbocycles. The predicted octanol–water partition coefficient (Wildman–Crippen LogP) is 7.42. The number of urea groups is 1. The molecule has 1 aromatic rings. The van der Waals surface area contributed by atoms with E-state index in [0.717, 1.165) is 32.1 Å². The summed E-state index contributed by atoms with van der Waals surface area (Å²) in [6.45, 7) is 12.1. The largest absolute Gasteiger partial charge is 0.478 e. The molecule has 0 aliphatic heterocycles. The summed E-state index contributed by atoms with van der Waals surface area (Å²) >= 11 is 0. The standard InChI is InChI=1S/C39H57N3O4/c1-26-29(27-9-11-28(12-10-27)34(44)45)15-18-36(2)30(26)16-19-38(4)33(36)14-13-31-32-8-6-17-39(32,21-20-37(31,38)3)41-35(46)42(23-7-25-43)24-22-40-5/h9-12,15,25-26,30-33,40H,6-8,13-14,16-24H2,1-5H3,(H,41,46)(H,44,45)/t26?,30?,31?,32?,33?,36?,37-,38?,39?/m1/s1. The molecular formula is C39H57N3O4. The van der Waals surface area contributed by atoms with E-state index in [1.54, 1.807) is 12.1 Å². The summed E-state index contributed by atoms with van der Waals surface area (Å²) in [5, 5.41) is 16.2. The third-order valence-electron chi connectivity index (χ3n) is 14.8. The Bertz CT molecular complexity index is 1360. The number of carbonyl (C=O) groups excluding carboxylic acids is 2. The fourth-order valence-corrected chi connectivity index (χ4v) is 12.3. The van der Waals surface area contributed by atoms with Crippen LogP contribution in [0.15, 0.2) is 30.3 Å². The van der Waals surface area contributed by atoms with Gasteiger partial charge in [-0.2, -0.15) is 0 Å². The van der Waals surface area contributed by atoms with Gasteiger partial charge in [-0.05, 0) is 134 Å². The maximum Gasteiger partial charge on any atom is 0.335 e. The number of likely N-dealkylation sites (N-methyl/N-ethyl adjacent to an activating group) is 1. The molecule has 0 saturated heterocycles. The van der Waals surface area contributed by atoms with Crippen molar-refractivity contribution < 1.29 is 19.5 Å². The Labute approximate surface area is 276 Å². The van der Waals surface area contributed by atoms with Crippen LogP contribution in [0.1, 0.15) is 114 Å². The van der Waals surface area contributed by atoms with Crippen LogP contribution in [-0.2, 0) is 4.79 Å². The van der Waals surface area contributed by atoms with Crippen LogP contribution >= 0.6 is 0 Å². The summed E-state index contributed by atoms with van der Waals surface area (Å²) in [5.41, 5.74) is 3.54. The van der Waals surface area contributed by atoms with E-state index >= 15 is 0 Å². The molecule has 9 atom stereocenters. The molecule has 0 aromatic heterocycles. The first kappa shape index (κ1) is 33.2. The molecule has 8 unspecified atom stereocenters. The number of allylic oxidation sites excluding steroid dienone is 2. The van der Waals surface area contributed by atoms with Crippen molar-refractivity contribution >= 4 is 23.9 Å². The topological polar surface area (TPSA) is 98.7 Å². The SMILES string of the molecule is CNCCN(CCC=O)C(=O)NC12CCCC1C1CCC3C4(C)CC=C(c5ccc(C(=O)O)cc5)C(C)C4CCC3(C)[C@]1(C)CC2. The molecule has 5 aliphatic rings. The van der Waals surface area contributed by atoms with Gasteiger partial charge in [0, 0.05) is 31.6 Å². The van der Waals surface area contributed by atoms with E-state index in [4.69, 9.17) is 0 Å². The number of amides is 2. The summed E-state index contributed by atoms with van der Waals surface area (Å²) in [7, 11) is 1.90. The number of aldehydes is 1. The van der Waals surface area contributed by atoms with Crippen LogP contribution in [0.2, 0.25) is 0 Å². The first-order chi connectivity index (χ1) is 21.9. The number of hydrogen-bond donors (Lipinski definition) is 3. The number of nitrogens with zero attached hydrogens (tertiary/aromatic N) is 1. The van der Waals surface area contributed by atoms with E-state index in [0.29, 0.717) is 54.7 Å². The fraction of sp³-hybridized carbons (Fsp3) is 0.718. The Morgan fingerprint density at radius 3 is 2.39 bits per heavy atom. The molecule has 0 heterocycles. The number of carbonyl (C=O) groups is 3. The van der Waals surface area contributed by atoms with Crippen LogP contribution in [0, 0.1) is 45.8 Å². The number of benzene rings is 1. The molecule has 1 aromatic carbocycles. The molecule has 0 spiro atoms. The number of hydrogen-bond acceptors (Lipinski definition) is 4. The number of fused-ring (bicyclic) bond motifs is 7. The molecule has 7 nitrogen and oxygen atoms in total. The zero-order valence-electron chi connectivity index (χ0n) is 28.9. The highest BCUT2D eigenvalue weighted by atomic mass is 16.4. The number of rotatable bonds is 9. The molecule has 0 radical (unpaired) electrons. The summed E-state index contributed by atoms with van der Waals surface area (Å²) in [4.78, 5) is 38.2. The van der Waals surface area contributed by atoms with E-state index in [-0.39, 0.29) is 27.8 Å². The van der Waals surface area contributed by atoms with Gasteiger partial charge in [0.05, 0.1) is 5.56 Å². The van der Waals surface area contributed by atoms with Crippen molar-refractivity contribution in [1.82, 2.24) is 15.5 Å². The summed E-state index contributed by atoms with van der Waals surface area (Å²) in [5.74, 6) is 1.99. The van der Waals surface area contributed by atoms with Crippen LogP contribution in [0.5, 0.6) is 0 Å². The lowest BCUT2D eigenvalue weighted by Crippen LogP contribution is -2.68. The van der Waals surface area contributed by atoms with Crippen LogP contribution in [0.4, 0.5) is 4.79 Å². The monoisotopic (exact) mass is 631 g/mol. The highest BCUT2D eigenvalue weighted by molar-refractivity contribution is 5.88.